The summed E-state index contributed by atoms with van der Waals surface area (Å²) in [5.74, 6) is 1.06. The number of rotatable bonds is 6. The van der Waals surface area contributed by atoms with Crippen molar-refractivity contribution in [3.8, 4) is 5.75 Å². The second-order valence-electron chi connectivity index (χ2n) is 6.84. The second kappa shape index (κ2) is 8.70. The van der Waals surface area contributed by atoms with Crippen LogP contribution in [0.4, 0.5) is 11.4 Å². The third-order valence-electron chi connectivity index (χ3n) is 4.76. The lowest BCUT2D eigenvalue weighted by atomic mass is 9.94. The summed E-state index contributed by atoms with van der Waals surface area (Å²) in [6, 6.07) is 9.01. The van der Waals surface area contributed by atoms with Crippen LogP contribution in [0.3, 0.4) is 0 Å². The van der Waals surface area contributed by atoms with Crippen molar-refractivity contribution >= 4 is 17.3 Å². The van der Waals surface area contributed by atoms with Crippen LogP contribution >= 0.6 is 0 Å². The molecule has 144 valence electrons. The van der Waals surface area contributed by atoms with Crippen LogP contribution in [-0.2, 0) is 11.8 Å². The highest BCUT2D eigenvalue weighted by Gasteiger charge is 2.23. The zero-order valence-electron chi connectivity index (χ0n) is 15.9. The molecule has 1 aromatic carbocycles. The van der Waals surface area contributed by atoms with E-state index < -0.39 is 0 Å². The fourth-order valence-corrected chi connectivity index (χ4v) is 3.37. The lowest BCUT2D eigenvalue weighted by Gasteiger charge is -2.33. The minimum absolute atomic E-state index is 0.00751. The molecule has 0 saturated carbocycles. The van der Waals surface area contributed by atoms with E-state index in [1.165, 1.54) is 4.68 Å². The van der Waals surface area contributed by atoms with E-state index in [4.69, 9.17) is 4.74 Å². The van der Waals surface area contributed by atoms with Gasteiger partial charge in [-0.1, -0.05) is 0 Å². The topological polar surface area (TPSA) is 76.5 Å². The smallest absolute Gasteiger partial charge is 0.268 e. The highest BCUT2D eigenvalue weighted by molar-refractivity contribution is 5.90. The van der Waals surface area contributed by atoms with Crippen LogP contribution in [0.15, 0.2) is 41.3 Å². The Morgan fingerprint density at radius 2 is 2.11 bits per heavy atom. The van der Waals surface area contributed by atoms with Crippen molar-refractivity contribution < 1.29 is 9.53 Å². The molecule has 27 heavy (non-hydrogen) atoms. The average Bonchev–Trinajstić information content (AvgIpc) is 2.66. The molecule has 2 aromatic rings. The van der Waals surface area contributed by atoms with Gasteiger partial charge >= 0.3 is 0 Å². The Labute approximate surface area is 158 Å². The molecule has 7 heteroatoms. The van der Waals surface area contributed by atoms with Gasteiger partial charge in [-0.3, -0.25) is 9.59 Å². The predicted octanol–water partition coefficient (Wildman–Crippen LogP) is 2.42. The lowest BCUT2D eigenvalue weighted by molar-refractivity contribution is -0.117. The second-order valence-corrected chi connectivity index (χ2v) is 6.84. The van der Waals surface area contributed by atoms with Crippen LogP contribution in [0.25, 0.3) is 0 Å². The zero-order chi connectivity index (χ0) is 19.2. The number of carbonyl (C=O) groups excluding carboxylic acids is 1. The number of ether oxygens (including phenoxy) is 1. The van der Waals surface area contributed by atoms with Crippen molar-refractivity contribution in [2.24, 2.45) is 13.0 Å². The van der Waals surface area contributed by atoms with E-state index in [0.29, 0.717) is 13.0 Å². The monoisotopic (exact) mass is 370 g/mol. The molecule has 0 bridgehead atoms. The largest absolute Gasteiger partial charge is 0.494 e. The van der Waals surface area contributed by atoms with Gasteiger partial charge in [0.05, 0.1) is 18.5 Å². The quantitative estimate of drug-likeness (QED) is 0.845. The Morgan fingerprint density at radius 3 is 2.81 bits per heavy atom. The molecule has 0 unspecified atom stereocenters. The normalized spacial score (nSPS) is 16.8. The Hall–Kier alpha value is -2.83. The van der Waals surface area contributed by atoms with E-state index in [1.807, 2.05) is 31.2 Å². The van der Waals surface area contributed by atoms with Crippen molar-refractivity contribution in [1.82, 2.24) is 9.78 Å². The maximum absolute atomic E-state index is 12.4. The van der Waals surface area contributed by atoms with Gasteiger partial charge in [0, 0.05) is 38.3 Å². The van der Waals surface area contributed by atoms with Crippen LogP contribution in [0.1, 0.15) is 26.2 Å². The third kappa shape index (κ3) is 5.09. The number of nitrogens with one attached hydrogen (secondary N) is 1. The molecule has 1 aromatic heterocycles. The minimum Gasteiger partial charge on any atom is -0.494 e. The van der Waals surface area contributed by atoms with Gasteiger partial charge in [-0.05, 0) is 49.9 Å². The number of anilines is 2. The molecule has 1 saturated heterocycles. The first-order valence-electron chi connectivity index (χ1n) is 9.36. The molecule has 1 amide bonds. The minimum atomic E-state index is -0.122. The number of nitrogens with zero attached hydrogens (tertiary/aromatic N) is 3. The molecule has 0 radical (unpaired) electrons. The first-order valence-corrected chi connectivity index (χ1v) is 9.36. The molecular weight excluding hydrogens is 344 g/mol. The maximum Gasteiger partial charge on any atom is 0.268 e. The van der Waals surface area contributed by atoms with Crippen LogP contribution < -0.4 is 20.5 Å². The number of aromatic nitrogens is 2. The standard InChI is InChI=1S/C20H26N4O3/c1-3-27-18-8-6-16(7-9-18)22-19(25)11-15-5-4-10-24(14-15)17-12-20(26)23(2)21-13-17/h6-9,12-13,15H,3-5,10-11,14H2,1-2H3,(H,22,25)/t15-/m1/s1. The first kappa shape index (κ1) is 18.9. The van der Waals surface area contributed by atoms with Gasteiger partial charge in [0.2, 0.25) is 5.91 Å². The predicted molar refractivity (Wildman–Crippen MR) is 105 cm³/mol. The molecule has 1 N–H and O–H groups in total. The summed E-state index contributed by atoms with van der Waals surface area (Å²) < 4.78 is 6.72. The van der Waals surface area contributed by atoms with Gasteiger partial charge in [-0.25, -0.2) is 4.68 Å². The van der Waals surface area contributed by atoms with Gasteiger partial charge in [-0.2, -0.15) is 5.10 Å². The number of carbonyl (C=O) groups is 1. The average molecular weight is 370 g/mol. The summed E-state index contributed by atoms with van der Waals surface area (Å²) >= 11 is 0. The summed E-state index contributed by atoms with van der Waals surface area (Å²) in [6.07, 6.45) is 4.17. The van der Waals surface area contributed by atoms with Gasteiger partial charge in [0.1, 0.15) is 5.75 Å². The van der Waals surface area contributed by atoms with Crippen molar-refractivity contribution in [1.29, 1.82) is 0 Å². The van der Waals surface area contributed by atoms with Crippen LogP contribution in [0, 0.1) is 5.92 Å². The maximum atomic E-state index is 12.4. The molecule has 1 aliphatic rings. The van der Waals surface area contributed by atoms with E-state index in [-0.39, 0.29) is 17.4 Å². The number of aryl methyl sites for hydroxylation is 1. The molecule has 2 heterocycles. The molecule has 0 aliphatic carbocycles. The van der Waals surface area contributed by atoms with Crippen LogP contribution in [-0.4, -0.2) is 35.4 Å². The van der Waals surface area contributed by atoms with E-state index in [0.717, 1.165) is 43.1 Å². The third-order valence-corrected chi connectivity index (χ3v) is 4.76. The van der Waals surface area contributed by atoms with E-state index in [1.54, 1.807) is 19.3 Å². The summed E-state index contributed by atoms with van der Waals surface area (Å²) in [4.78, 5) is 26.4. The Balaban J connectivity index is 1.55. The van der Waals surface area contributed by atoms with Crippen LogP contribution in [0.2, 0.25) is 0 Å². The number of amides is 1. The summed E-state index contributed by atoms with van der Waals surface area (Å²) in [7, 11) is 1.64. The van der Waals surface area contributed by atoms with Crippen LogP contribution in [0.5, 0.6) is 5.75 Å². The Kier molecular flexibility index (Phi) is 6.11. The van der Waals surface area contributed by atoms with Gasteiger partial charge in [0.15, 0.2) is 0 Å². The van der Waals surface area contributed by atoms with E-state index in [2.05, 4.69) is 15.3 Å². The number of hydrogen-bond acceptors (Lipinski definition) is 5. The van der Waals surface area contributed by atoms with Crippen molar-refractivity contribution in [3.05, 3.63) is 46.9 Å². The number of piperidine rings is 1. The fraction of sp³-hybridized carbons (Fsp3) is 0.450. The Bertz CT molecular complexity index is 832. The molecule has 1 aliphatic heterocycles. The molecule has 7 nitrogen and oxygen atoms in total. The fourth-order valence-electron chi connectivity index (χ4n) is 3.37. The zero-order valence-corrected chi connectivity index (χ0v) is 15.9. The van der Waals surface area contributed by atoms with Gasteiger partial charge in [-0.15, -0.1) is 0 Å². The molecule has 1 fully saturated rings. The molecular formula is C20H26N4O3. The van der Waals surface area contributed by atoms with Crippen molar-refractivity contribution in [3.63, 3.8) is 0 Å². The number of benzene rings is 1. The van der Waals surface area contributed by atoms with Crippen molar-refractivity contribution in [2.75, 3.05) is 29.9 Å². The first-order chi connectivity index (χ1) is 13.0. The molecule has 1 atom stereocenters. The van der Waals surface area contributed by atoms with E-state index >= 15 is 0 Å². The highest BCUT2D eigenvalue weighted by Crippen LogP contribution is 2.24. The SMILES string of the molecule is CCOc1ccc(NC(=O)C[C@H]2CCCN(c3cnn(C)c(=O)c3)C2)cc1. The molecule has 0 spiro atoms. The lowest BCUT2D eigenvalue weighted by Crippen LogP contribution is -2.37. The summed E-state index contributed by atoms with van der Waals surface area (Å²) in [6.45, 7) is 4.19. The van der Waals surface area contributed by atoms with E-state index in [9.17, 15) is 9.59 Å². The Morgan fingerprint density at radius 1 is 1.33 bits per heavy atom. The van der Waals surface area contributed by atoms with Gasteiger partial charge in [0.25, 0.3) is 5.56 Å². The highest BCUT2D eigenvalue weighted by atomic mass is 16.5. The summed E-state index contributed by atoms with van der Waals surface area (Å²) in [5.41, 5.74) is 1.48. The summed E-state index contributed by atoms with van der Waals surface area (Å²) in [5, 5.41) is 7.04. The van der Waals surface area contributed by atoms with Gasteiger partial charge < -0.3 is 15.0 Å². The van der Waals surface area contributed by atoms with Crippen molar-refractivity contribution in [2.45, 2.75) is 26.2 Å². The number of hydrogen-bond donors (Lipinski definition) is 1. The molecule has 3 rings (SSSR count).